The van der Waals surface area contributed by atoms with Crippen molar-refractivity contribution in [2.45, 2.75) is 6.54 Å². The zero-order valence-corrected chi connectivity index (χ0v) is 17.1. The molecule has 30 heavy (non-hydrogen) atoms. The molecule has 1 saturated heterocycles. The number of aromatic nitrogens is 2. The Morgan fingerprint density at radius 3 is 2.47 bits per heavy atom. The van der Waals surface area contributed by atoms with E-state index in [0.717, 1.165) is 55.5 Å². The zero-order valence-electron chi connectivity index (χ0n) is 17.1. The molecular formula is C25H25N3O2. The molecule has 0 spiro atoms. The van der Waals surface area contributed by atoms with Crippen LogP contribution in [0, 0.1) is 0 Å². The highest BCUT2D eigenvalue weighted by atomic mass is 16.5. The van der Waals surface area contributed by atoms with Gasteiger partial charge in [-0.05, 0) is 35.4 Å². The van der Waals surface area contributed by atoms with Crippen molar-refractivity contribution in [1.82, 2.24) is 14.3 Å². The average molecular weight is 399 g/mol. The summed E-state index contributed by atoms with van der Waals surface area (Å²) in [5.74, 6) is 0.840. The van der Waals surface area contributed by atoms with Crippen LogP contribution in [-0.2, 0) is 11.3 Å². The number of nitrogens with zero attached hydrogens (tertiary/aromatic N) is 3. The van der Waals surface area contributed by atoms with Crippen molar-refractivity contribution >= 4 is 5.65 Å². The van der Waals surface area contributed by atoms with Crippen molar-refractivity contribution in [3.63, 3.8) is 0 Å². The minimum atomic E-state index is 0.774. The monoisotopic (exact) mass is 399 g/mol. The van der Waals surface area contributed by atoms with Crippen LogP contribution >= 0.6 is 0 Å². The molecule has 0 bridgehead atoms. The molecule has 1 aliphatic heterocycles. The molecule has 4 aromatic rings. The number of fused-ring (bicyclic) bond motifs is 1. The van der Waals surface area contributed by atoms with Gasteiger partial charge < -0.3 is 13.9 Å². The second-order valence-electron chi connectivity index (χ2n) is 7.51. The smallest absolute Gasteiger partial charge is 0.137 e. The van der Waals surface area contributed by atoms with E-state index in [1.807, 2.05) is 24.3 Å². The van der Waals surface area contributed by atoms with Crippen LogP contribution < -0.4 is 4.74 Å². The number of benzene rings is 2. The van der Waals surface area contributed by atoms with E-state index in [0.29, 0.717) is 0 Å². The summed E-state index contributed by atoms with van der Waals surface area (Å²) in [5, 5.41) is 0. The molecule has 0 aliphatic carbocycles. The summed E-state index contributed by atoms with van der Waals surface area (Å²) < 4.78 is 13.4. The zero-order chi connectivity index (χ0) is 20.3. The molecule has 5 rings (SSSR count). The first kappa shape index (κ1) is 18.9. The van der Waals surface area contributed by atoms with Crippen molar-refractivity contribution in [1.29, 1.82) is 0 Å². The largest absolute Gasteiger partial charge is 0.496 e. The second kappa shape index (κ2) is 8.30. The number of rotatable bonds is 5. The lowest BCUT2D eigenvalue weighted by Gasteiger charge is -2.26. The molecule has 3 heterocycles. The van der Waals surface area contributed by atoms with E-state index in [1.54, 1.807) is 7.11 Å². The molecule has 0 unspecified atom stereocenters. The van der Waals surface area contributed by atoms with Gasteiger partial charge >= 0.3 is 0 Å². The van der Waals surface area contributed by atoms with Crippen LogP contribution in [-0.4, -0.2) is 47.7 Å². The Morgan fingerprint density at radius 1 is 0.900 bits per heavy atom. The third-order valence-electron chi connectivity index (χ3n) is 5.66. The molecule has 5 nitrogen and oxygen atoms in total. The Bertz CT molecular complexity index is 1150. The highest BCUT2D eigenvalue weighted by Gasteiger charge is 2.21. The molecule has 152 valence electrons. The number of ether oxygens (including phenoxy) is 2. The Labute approximate surface area is 176 Å². The van der Waals surface area contributed by atoms with Crippen LogP contribution in [0.3, 0.4) is 0 Å². The summed E-state index contributed by atoms with van der Waals surface area (Å²) in [6, 6.07) is 22.8. The molecule has 0 N–H and O–H groups in total. The Kier molecular flexibility index (Phi) is 5.22. The minimum Gasteiger partial charge on any atom is -0.496 e. The van der Waals surface area contributed by atoms with Crippen molar-refractivity contribution in [2.24, 2.45) is 0 Å². The summed E-state index contributed by atoms with van der Waals surface area (Å²) in [4.78, 5) is 7.45. The van der Waals surface area contributed by atoms with Crippen LogP contribution in [0.5, 0.6) is 5.75 Å². The van der Waals surface area contributed by atoms with Gasteiger partial charge in [-0.1, -0.05) is 42.5 Å². The number of methoxy groups -OCH3 is 1. The van der Waals surface area contributed by atoms with Gasteiger partial charge in [-0.3, -0.25) is 4.90 Å². The van der Waals surface area contributed by atoms with Crippen molar-refractivity contribution in [3.8, 4) is 28.1 Å². The third-order valence-corrected chi connectivity index (χ3v) is 5.66. The van der Waals surface area contributed by atoms with Gasteiger partial charge in [0.2, 0.25) is 0 Å². The lowest BCUT2D eigenvalue weighted by molar-refractivity contribution is 0.0336. The number of pyridine rings is 1. The van der Waals surface area contributed by atoms with E-state index >= 15 is 0 Å². The lowest BCUT2D eigenvalue weighted by atomic mass is 10.1. The first-order valence-corrected chi connectivity index (χ1v) is 10.3. The fourth-order valence-corrected chi connectivity index (χ4v) is 4.07. The number of para-hydroxylation sites is 1. The van der Waals surface area contributed by atoms with Gasteiger partial charge in [-0.25, -0.2) is 4.98 Å². The minimum absolute atomic E-state index is 0.774. The second-order valence-corrected chi connectivity index (χ2v) is 7.51. The van der Waals surface area contributed by atoms with Crippen molar-refractivity contribution in [3.05, 3.63) is 78.6 Å². The van der Waals surface area contributed by atoms with Crippen molar-refractivity contribution < 1.29 is 9.47 Å². The summed E-state index contributed by atoms with van der Waals surface area (Å²) in [6.07, 6.45) is 2.20. The van der Waals surface area contributed by atoms with E-state index < -0.39 is 0 Å². The summed E-state index contributed by atoms with van der Waals surface area (Å²) in [6.45, 7) is 4.22. The van der Waals surface area contributed by atoms with Crippen LogP contribution in [0.15, 0.2) is 72.9 Å². The maximum atomic E-state index is 5.65. The van der Waals surface area contributed by atoms with Crippen molar-refractivity contribution in [2.75, 3.05) is 33.4 Å². The molecule has 2 aromatic heterocycles. The van der Waals surface area contributed by atoms with Crippen LogP contribution in [0.2, 0.25) is 0 Å². The number of hydrogen-bond acceptors (Lipinski definition) is 4. The fourth-order valence-electron chi connectivity index (χ4n) is 4.07. The Hall–Kier alpha value is -3.15. The Morgan fingerprint density at radius 2 is 1.67 bits per heavy atom. The SMILES string of the molecule is COc1ccccc1-c1nc2ccc(-c3ccccc3)cn2c1CN1CCOCC1. The summed E-state index contributed by atoms with van der Waals surface area (Å²) in [5.41, 5.74) is 6.49. The van der Waals surface area contributed by atoms with Gasteiger partial charge in [0, 0.05) is 31.4 Å². The highest BCUT2D eigenvalue weighted by Crippen LogP contribution is 2.34. The number of imidazole rings is 1. The van der Waals surface area contributed by atoms with E-state index in [9.17, 15) is 0 Å². The van der Waals surface area contributed by atoms with Crippen LogP contribution in [0.1, 0.15) is 5.69 Å². The average Bonchev–Trinajstić information content (AvgIpc) is 3.17. The van der Waals surface area contributed by atoms with E-state index in [2.05, 4.69) is 58.0 Å². The van der Waals surface area contributed by atoms with Crippen LogP contribution in [0.25, 0.3) is 28.0 Å². The molecule has 0 radical (unpaired) electrons. The highest BCUT2D eigenvalue weighted by molar-refractivity contribution is 5.74. The van der Waals surface area contributed by atoms with E-state index in [-0.39, 0.29) is 0 Å². The first-order chi connectivity index (χ1) is 14.8. The van der Waals surface area contributed by atoms with Gasteiger partial charge in [0.25, 0.3) is 0 Å². The van der Waals surface area contributed by atoms with Gasteiger partial charge in [-0.15, -0.1) is 0 Å². The summed E-state index contributed by atoms with van der Waals surface area (Å²) >= 11 is 0. The third kappa shape index (κ3) is 3.58. The molecule has 0 atom stereocenters. The maximum absolute atomic E-state index is 5.65. The van der Waals surface area contributed by atoms with Gasteiger partial charge in [0.05, 0.1) is 31.7 Å². The molecule has 5 heteroatoms. The Balaban J connectivity index is 1.67. The summed E-state index contributed by atoms with van der Waals surface area (Å²) in [7, 11) is 1.71. The van der Waals surface area contributed by atoms with Gasteiger partial charge in [-0.2, -0.15) is 0 Å². The number of morpholine rings is 1. The normalized spacial score (nSPS) is 14.8. The molecule has 1 fully saturated rings. The van der Waals surface area contributed by atoms with Gasteiger partial charge in [0.15, 0.2) is 0 Å². The predicted octanol–water partition coefficient (Wildman–Crippen LogP) is 4.51. The molecule has 0 amide bonds. The van der Waals surface area contributed by atoms with Crippen LogP contribution in [0.4, 0.5) is 0 Å². The lowest BCUT2D eigenvalue weighted by Crippen LogP contribution is -2.36. The molecule has 1 aliphatic rings. The quantitative estimate of drug-likeness (QED) is 0.495. The molecule has 2 aromatic carbocycles. The van der Waals surface area contributed by atoms with E-state index in [1.165, 1.54) is 16.8 Å². The maximum Gasteiger partial charge on any atom is 0.137 e. The van der Waals surface area contributed by atoms with Gasteiger partial charge in [0.1, 0.15) is 11.4 Å². The fraction of sp³-hybridized carbons (Fsp3) is 0.240. The van der Waals surface area contributed by atoms with E-state index in [4.69, 9.17) is 14.5 Å². The molecular weight excluding hydrogens is 374 g/mol. The first-order valence-electron chi connectivity index (χ1n) is 10.3. The predicted molar refractivity (Wildman–Crippen MR) is 119 cm³/mol. The standard InChI is InChI=1S/C25H25N3O2/c1-29-23-10-6-5-9-21(23)25-22(18-27-13-15-30-16-14-27)28-17-20(11-12-24(28)26-25)19-7-3-2-4-8-19/h2-12,17H,13-16,18H2,1H3. The molecule has 0 saturated carbocycles. The number of hydrogen-bond donors (Lipinski definition) is 0. The topological polar surface area (TPSA) is 39.0 Å².